The van der Waals surface area contributed by atoms with Crippen molar-refractivity contribution in [1.82, 2.24) is 4.90 Å². The molecule has 0 bridgehead atoms. The van der Waals surface area contributed by atoms with Gasteiger partial charge >= 0.3 is 0 Å². The van der Waals surface area contributed by atoms with Gasteiger partial charge in [-0.3, -0.25) is 0 Å². The lowest BCUT2D eigenvalue weighted by Crippen LogP contribution is -2.25. The number of nitrogens with two attached hydrogens (primary N) is 1. The first-order valence-corrected chi connectivity index (χ1v) is 7.53. The molecule has 0 spiro atoms. The van der Waals surface area contributed by atoms with Crippen LogP contribution in [0.25, 0.3) is 0 Å². The van der Waals surface area contributed by atoms with Crippen LogP contribution >= 0.6 is 0 Å². The molecule has 1 aromatic rings. The molecule has 0 saturated heterocycles. The van der Waals surface area contributed by atoms with Gasteiger partial charge in [0, 0.05) is 29.9 Å². The molecule has 4 nitrogen and oxygen atoms in total. The molecule has 2 N–H and O–H groups in total. The van der Waals surface area contributed by atoms with E-state index in [-0.39, 0.29) is 0 Å². The molecule has 0 unspecified atom stereocenters. The molecular formula is C16H24N2O2. The molecule has 1 fully saturated rings. The van der Waals surface area contributed by atoms with Crippen molar-refractivity contribution in [3.8, 4) is 5.75 Å². The Morgan fingerprint density at radius 3 is 2.90 bits per heavy atom. The van der Waals surface area contributed by atoms with Gasteiger partial charge in [0.15, 0.2) is 6.79 Å². The third-order valence-corrected chi connectivity index (χ3v) is 4.29. The van der Waals surface area contributed by atoms with Crippen LogP contribution in [0.2, 0.25) is 0 Å². The Labute approximate surface area is 120 Å². The van der Waals surface area contributed by atoms with Crippen molar-refractivity contribution in [1.29, 1.82) is 0 Å². The summed E-state index contributed by atoms with van der Waals surface area (Å²) in [5, 5.41) is 0. The van der Waals surface area contributed by atoms with E-state index in [1.54, 1.807) is 0 Å². The maximum atomic E-state index is 5.99. The zero-order valence-electron chi connectivity index (χ0n) is 12.2. The average Bonchev–Trinajstić information content (AvgIpc) is 2.91. The van der Waals surface area contributed by atoms with E-state index in [4.69, 9.17) is 15.2 Å². The standard InChI is InChI=1S/C16H24N2O2/c1-18(8-12-4-2-3-5-12)9-13-6-15(17)7-14-10-19-11-20-16(13)14/h6-7,12H,2-5,8-11,17H2,1H3. The van der Waals surface area contributed by atoms with E-state index in [0.717, 1.165) is 29.5 Å². The largest absolute Gasteiger partial charge is 0.467 e. The number of nitrogens with zero attached hydrogens (tertiary/aromatic N) is 1. The van der Waals surface area contributed by atoms with Crippen molar-refractivity contribution in [2.24, 2.45) is 5.92 Å². The summed E-state index contributed by atoms with van der Waals surface area (Å²) in [5.41, 5.74) is 9.04. The summed E-state index contributed by atoms with van der Waals surface area (Å²) in [6.45, 7) is 3.00. The summed E-state index contributed by atoms with van der Waals surface area (Å²) in [7, 11) is 2.19. The monoisotopic (exact) mass is 276 g/mol. The van der Waals surface area contributed by atoms with Crippen molar-refractivity contribution >= 4 is 5.69 Å². The molecular weight excluding hydrogens is 252 g/mol. The van der Waals surface area contributed by atoms with Gasteiger partial charge in [0.25, 0.3) is 0 Å². The molecule has 0 amide bonds. The Morgan fingerprint density at radius 2 is 2.10 bits per heavy atom. The fourth-order valence-electron chi connectivity index (χ4n) is 3.43. The Bertz CT molecular complexity index is 470. The number of nitrogen functional groups attached to an aromatic ring is 1. The molecule has 1 aliphatic carbocycles. The van der Waals surface area contributed by atoms with Crippen LogP contribution < -0.4 is 10.5 Å². The molecule has 4 heteroatoms. The van der Waals surface area contributed by atoms with Crippen LogP contribution in [0.5, 0.6) is 5.75 Å². The minimum absolute atomic E-state index is 0.344. The van der Waals surface area contributed by atoms with Crippen LogP contribution in [-0.2, 0) is 17.9 Å². The van der Waals surface area contributed by atoms with E-state index in [9.17, 15) is 0 Å². The molecule has 110 valence electrons. The predicted molar refractivity (Wildman–Crippen MR) is 79.4 cm³/mol. The second kappa shape index (κ2) is 6.02. The second-order valence-corrected chi connectivity index (χ2v) is 6.13. The number of rotatable bonds is 4. The van der Waals surface area contributed by atoms with E-state index in [2.05, 4.69) is 11.9 Å². The third kappa shape index (κ3) is 3.07. The van der Waals surface area contributed by atoms with Crippen LogP contribution in [0.3, 0.4) is 0 Å². The van der Waals surface area contributed by atoms with Crippen molar-refractivity contribution in [2.75, 3.05) is 26.1 Å². The summed E-state index contributed by atoms with van der Waals surface area (Å²) >= 11 is 0. The molecule has 1 heterocycles. The molecule has 2 aliphatic rings. The van der Waals surface area contributed by atoms with Crippen molar-refractivity contribution in [3.05, 3.63) is 23.3 Å². The fraction of sp³-hybridized carbons (Fsp3) is 0.625. The third-order valence-electron chi connectivity index (χ3n) is 4.29. The molecule has 3 rings (SSSR count). The van der Waals surface area contributed by atoms with Gasteiger partial charge in [0.1, 0.15) is 5.75 Å². The second-order valence-electron chi connectivity index (χ2n) is 6.13. The van der Waals surface area contributed by atoms with Crippen molar-refractivity contribution in [3.63, 3.8) is 0 Å². The summed E-state index contributed by atoms with van der Waals surface area (Å²) in [4.78, 5) is 2.39. The number of fused-ring (bicyclic) bond motifs is 1. The zero-order chi connectivity index (χ0) is 13.9. The minimum Gasteiger partial charge on any atom is -0.467 e. The van der Waals surface area contributed by atoms with Crippen molar-refractivity contribution < 1.29 is 9.47 Å². The van der Waals surface area contributed by atoms with Gasteiger partial charge in [0.05, 0.1) is 6.61 Å². The molecule has 1 aliphatic heterocycles. The SMILES string of the molecule is CN(Cc1cc(N)cc2c1OCOC2)CC1CCCC1. The first-order valence-electron chi connectivity index (χ1n) is 7.53. The van der Waals surface area contributed by atoms with E-state index in [1.807, 2.05) is 12.1 Å². The van der Waals surface area contributed by atoms with Gasteiger partial charge in [-0.15, -0.1) is 0 Å². The lowest BCUT2D eigenvalue weighted by molar-refractivity contribution is -0.0173. The number of hydrogen-bond donors (Lipinski definition) is 1. The number of ether oxygens (including phenoxy) is 2. The highest BCUT2D eigenvalue weighted by Crippen LogP contribution is 2.32. The Balaban J connectivity index is 1.71. The highest BCUT2D eigenvalue weighted by atomic mass is 16.7. The maximum absolute atomic E-state index is 5.99. The summed E-state index contributed by atoms with van der Waals surface area (Å²) in [6, 6.07) is 3.99. The maximum Gasteiger partial charge on any atom is 0.189 e. The Kier molecular flexibility index (Phi) is 4.13. The average molecular weight is 276 g/mol. The topological polar surface area (TPSA) is 47.7 Å². The Hall–Kier alpha value is -1.26. The lowest BCUT2D eigenvalue weighted by Gasteiger charge is -2.25. The van der Waals surface area contributed by atoms with Crippen LogP contribution in [0.1, 0.15) is 36.8 Å². The Morgan fingerprint density at radius 1 is 1.30 bits per heavy atom. The molecule has 0 atom stereocenters. The van der Waals surface area contributed by atoms with Gasteiger partial charge in [-0.1, -0.05) is 12.8 Å². The van der Waals surface area contributed by atoms with Gasteiger partial charge < -0.3 is 20.1 Å². The molecule has 0 aromatic heterocycles. The lowest BCUT2D eigenvalue weighted by atomic mass is 10.0. The van der Waals surface area contributed by atoms with Crippen LogP contribution in [-0.4, -0.2) is 25.3 Å². The highest BCUT2D eigenvalue weighted by Gasteiger charge is 2.20. The van der Waals surface area contributed by atoms with Crippen LogP contribution in [0, 0.1) is 5.92 Å². The number of anilines is 1. The van der Waals surface area contributed by atoms with Gasteiger partial charge in [0.2, 0.25) is 0 Å². The highest BCUT2D eigenvalue weighted by molar-refractivity contribution is 5.53. The number of hydrogen-bond acceptors (Lipinski definition) is 4. The number of benzene rings is 1. The smallest absolute Gasteiger partial charge is 0.189 e. The zero-order valence-corrected chi connectivity index (χ0v) is 12.2. The molecule has 1 aromatic carbocycles. The summed E-state index contributed by atoms with van der Waals surface area (Å²) in [6.07, 6.45) is 5.55. The van der Waals surface area contributed by atoms with E-state index >= 15 is 0 Å². The normalized spacial score (nSPS) is 19.1. The van der Waals surface area contributed by atoms with Gasteiger partial charge in [-0.25, -0.2) is 0 Å². The summed E-state index contributed by atoms with van der Waals surface area (Å²) in [5.74, 6) is 1.84. The molecule has 0 radical (unpaired) electrons. The van der Waals surface area contributed by atoms with E-state index < -0.39 is 0 Å². The van der Waals surface area contributed by atoms with Crippen molar-refractivity contribution in [2.45, 2.75) is 38.8 Å². The quantitative estimate of drug-likeness (QED) is 0.859. The predicted octanol–water partition coefficient (Wildman–Crippen LogP) is 2.76. The van der Waals surface area contributed by atoms with Crippen LogP contribution in [0.15, 0.2) is 12.1 Å². The first kappa shape index (κ1) is 13.7. The van der Waals surface area contributed by atoms with E-state index in [0.29, 0.717) is 13.4 Å². The first-order chi connectivity index (χ1) is 9.72. The van der Waals surface area contributed by atoms with Gasteiger partial charge in [-0.2, -0.15) is 0 Å². The summed E-state index contributed by atoms with van der Waals surface area (Å²) < 4.78 is 11.0. The van der Waals surface area contributed by atoms with E-state index in [1.165, 1.54) is 37.8 Å². The minimum atomic E-state index is 0.344. The van der Waals surface area contributed by atoms with Gasteiger partial charge in [-0.05, 0) is 37.9 Å². The van der Waals surface area contributed by atoms with Crippen LogP contribution in [0.4, 0.5) is 5.69 Å². The molecule has 20 heavy (non-hydrogen) atoms. The molecule has 1 saturated carbocycles. The fourth-order valence-corrected chi connectivity index (χ4v) is 3.43.